The van der Waals surface area contributed by atoms with E-state index in [1.807, 2.05) is 0 Å². The van der Waals surface area contributed by atoms with Gasteiger partial charge in [0.1, 0.15) is 34.6 Å². The van der Waals surface area contributed by atoms with Crippen LogP contribution in [0.2, 0.25) is 0 Å². The molecule has 0 unspecified atom stereocenters. The lowest BCUT2D eigenvalue weighted by Gasteiger charge is -2.26. The van der Waals surface area contributed by atoms with Crippen LogP contribution in [0.25, 0.3) is 0 Å². The van der Waals surface area contributed by atoms with Crippen LogP contribution in [0.1, 0.15) is 75.1 Å². The van der Waals surface area contributed by atoms with Crippen LogP contribution in [-0.4, -0.2) is 75.5 Å². The molecule has 0 atom stereocenters. The van der Waals surface area contributed by atoms with Gasteiger partial charge in [-0.05, 0) is 90.0 Å². The molecule has 214 valence electrons. The van der Waals surface area contributed by atoms with Gasteiger partial charge in [0.25, 0.3) is 0 Å². The van der Waals surface area contributed by atoms with Crippen LogP contribution in [0.4, 0.5) is 0 Å². The minimum absolute atomic E-state index is 0.370. The Labute approximate surface area is 233 Å². The molecular weight excluding hydrogens is 492 g/mol. The van der Waals surface area contributed by atoms with Crippen LogP contribution < -0.4 is 0 Å². The summed E-state index contributed by atoms with van der Waals surface area (Å²) < 4.78 is 30.1. The lowest BCUT2D eigenvalue weighted by atomic mass is 9.87. The van der Waals surface area contributed by atoms with E-state index in [0.29, 0.717) is 0 Å². The molecule has 2 fully saturated rings. The molecule has 0 amide bonds. The number of hydrogen-bond acceptors (Lipinski definition) is 7. The molecule has 2 aliphatic heterocycles. The van der Waals surface area contributed by atoms with Crippen molar-refractivity contribution in [1.29, 1.82) is 0 Å². The van der Waals surface area contributed by atoms with Crippen molar-refractivity contribution >= 4 is 0 Å². The quantitative estimate of drug-likeness (QED) is 0.295. The molecule has 0 spiro atoms. The van der Waals surface area contributed by atoms with Gasteiger partial charge in [-0.15, -0.1) is 0 Å². The third-order valence-corrected chi connectivity index (χ3v) is 8.40. The molecule has 5 rings (SSSR count). The Bertz CT molecular complexity index is 1070. The van der Waals surface area contributed by atoms with E-state index in [-0.39, 0.29) is 10.8 Å². The van der Waals surface area contributed by atoms with Gasteiger partial charge < -0.3 is 22.7 Å². The Kier molecular flexibility index (Phi) is 9.02. The minimum atomic E-state index is -0.370. The summed E-state index contributed by atoms with van der Waals surface area (Å²) in [7, 11) is 0. The molecule has 3 aromatic rings. The first-order chi connectivity index (χ1) is 18.8. The maximum absolute atomic E-state index is 6.50. The normalized spacial score (nSPS) is 18.2. The van der Waals surface area contributed by atoms with Crippen molar-refractivity contribution in [3.05, 3.63) is 71.0 Å². The van der Waals surface area contributed by atoms with E-state index in [0.717, 1.165) is 126 Å². The fraction of sp³-hybridized carbons (Fsp3) is 0.625. The fourth-order valence-corrected chi connectivity index (χ4v) is 5.55. The zero-order chi connectivity index (χ0) is 27.3. The van der Waals surface area contributed by atoms with Crippen molar-refractivity contribution in [1.82, 2.24) is 9.80 Å². The maximum atomic E-state index is 6.50. The predicted molar refractivity (Wildman–Crippen MR) is 152 cm³/mol. The number of rotatable bonds is 12. The number of morpholine rings is 2. The molecule has 0 N–H and O–H groups in total. The van der Waals surface area contributed by atoms with Crippen molar-refractivity contribution in [2.24, 2.45) is 0 Å². The van der Waals surface area contributed by atoms with Crippen LogP contribution in [-0.2, 0) is 33.1 Å². The molecule has 7 heteroatoms. The van der Waals surface area contributed by atoms with Gasteiger partial charge in [-0.1, -0.05) is 0 Å². The van der Waals surface area contributed by atoms with Crippen LogP contribution in [0, 0.1) is 0 Å². The van der Waals surface area contributed by atoms with Crippen LogP contribution in [0.3, 0.4) is 0 Å². The Balaban J connectivity index is 1.17. The molecule has 0 aromatic carbocycles. The number of nitrogens with zero attached hydrogens (tertiary/aromatic N) is 2. The highest BCUT2D eigenvalue weighted by molar-refractivity contribution is 5.32. The lowest BCUT2D eigenvalue weighted by molar-refractivity contribution is 0.0372. The highest BCUT2D eigenvalue weighted by Gasteiger charge is 2.35. The van der Waals surface area contributed by atoms with E-state index in [1.165, 1.54) is 0 Å². The smallest absolute Gasteiger partial charge is 0.117 e. The SMILES string of the molecule is CC(C)(c1ccc(CCCN2CCOCC2)o1)c1ccc(C(C)(C)c2ccc(CCCN3CCOCC3)o2)o1. The molecule has 7 nitrogen and oxygen atoms in total. The summed E-state index contributed by atoms with van der Waals surface area (Å²) in [6.45, 7) is 18.3. The first-order valence-electron chi connectivity index (χ1n) is 14.7. The highest BCUT2D eigenvalue weighted by Crippen LogP contribution is 2.39. The van der Waals surface area contributed by atoms with E-state index in [9.17, 15) is 0 Å². The van der Waals surface area contributed by atoms with Gasteiger partial charge in [0.05, 0.1) is 37.3 Å². The standard InChI is InChI=1S/C32H46N2O5/c1-31(2,27-11-9-25(37-27)7-5-15-33-17-21-35-22-18-33)29-13-14-30(39-29)32(3,4)28-12-10-26(38-28)8-6-16-34-19-23-36-24-20-34/h9-14H,5-8,15-24H2,1-4H3. The molecular formula is C32H46N2O5. The Morgan fingerprint density at radius 2 is 0.897 bits per heavy atom. The van der Waals surface area contributed by atoms with Crippen molar-refractivity contribution in [3.63, 3.8) is 0 Å². The minimum Gasteiger partial charge on any atom is -0.465 e. The Morgan fingerprint density at radius 1 is 0.538 bits per heavy atom. The van der Waals surface area contributed by atoms with Gasteiger partial charge in [-0.25, -0.2) is 0 Å². The number of ether oxygens (including phenoxy) is 2. The zero-order valence-electron chi connectivity index (χ0n) is 24.3. The molecule has 3 aromatic heterocycles. The summed E-state index contributed by atoms with van der Waals surface area (Å²) in [5.41, 5.74) is -0.741. The fourth-order valence-electron chi connectivity index (χ4n) is 5.55. The van der Waals surface area contributed by atoms with E-state index in [2.05, 4.69) is 73.9 Å². The van der Waals surface area contributed by atoms with Crippen molar-refractivity contribution < 1.29 is 22.7 Å². The van der Waals surface area contributed by atoms with E-state index >= 15 is 0 Å². The molecule has 2 saturated heterocycles. The summed E-state index contributed by atoms with van der Waals surface area (Å²) in [5.74, 6) is 5.74. The maximum Gasteiger partial charge on any atom is 0.117 e. The van der Waals surface area contributed by atoms with Crippen LogP contribution >= 0.6 is 0 Å². The highest BCUT2D eigenvalue weighted by atomic mass is 16.5. The average Bonchev–Trinajstić information content (AvgIpc) is 3.72. The average molecular weight is 539 g/mol. The summed E-state index contributed by atoms with van der Waals surface area (Å²) in [5, 5.41) is 0. The van der Waals surface area contributed by atoms with Gasteiger partial charge in [0, 0.05) is 39.0 Å². The Morgan fingerprint density at radius 3 is 1.31 bits per heavy atom. The summed E-state index contributed by atoms with van der Waals surface area (Å²) >= 11 is 0. The largest absolute Gasteiger partial charge is 0.465 e. The summed E-state index contributed by atoms with van der Waals surface area (Å²) in [6, 6.07) is 12.6. The number of aryl methyl sites for hydroxylation is 2. The predicted octanol–water partition coefficient (Wildman–Crippen LogP) is 5.65. The van der Waals surface area contributed by atoms with Crippen molar-refractivity contribution in [2.45, 2.75) is 64.2 Å². The number of hydrogen-bond donors (Lipinski definition) is 0. The molecule has 39 heavy (non-hydrogen) atoms. The molecule has 0 saturated carbocycles. The van der Waals surface area contributed by atoms with E-state index in [4.69, 9.17) is 22.7 Å². The third-order valence-electron chi connectivity index (χ3n) is 8.40. The second kappa shape index (κ2) is 12.5. The summed E-state index contributed by atoms with van der Waals surface area (Å²) in [6.07, 6.45) is 4.06. The molecule has 0 radical (unpaired) electrons. The van der Waals surface area contributed by atoms with Gasteiger partial charge in [-0.3, -0.25) is 9.80 Å². The third kappa shape index (κ3) is 6.88. The van der Waals surface area contributed by atoms with Gasteiger partial charge in [0.15, 0.2) is 0 Å². The Hall–Kier alpha value is -2.32. The topological polar surface area (TPSA) is 64.4 Å². The van der Waals surface area contributed by atoms with E-state index in [1.54, 1.807) is 0 Å². The second-order valence-electron chi connectivity index (χ2n) is 12.1. The van der Waals surface area contributed by atoms with Gasteiger partial charge >= 0.3 is 0 Å². The number of furan rings is 3. The van der Waals surface area contributed by atoms with Crippen LogP contribution in [0.5, 0.6) is 0 Å². The zero-order valence-corrected chi connectivity index (χ0v) is 24.3. The van der Waals surface area contributed by atoms with Crippen molar-refractivity contribution in [3.8, 4) is 0 Å². The molecule has 0 bridgehead atoms. The molecule has 0 aliphatic carbocycles. The van der Waals surface area contributed by atoms with Gasteiger partial charge in [-0.2, -0.15) is 0 Å². The molecule has 5 heterocycles. The monoisotopic (exact) mass is 538 g/mol. The van der Waals surface area contributed by atoms with Gasteiger partial charge in [0.2, 0.25) is 0 Å². The van der Waals surface area contributed by atoms with E-state index < -0.39 is 0 Å². The summed E-state index contributed by atoms with van der Waals surface area (Å²) in [4.78, 5) is 4.94. The molecule has 2 aliphatic rings. The van der Waals surface area contributed by atoms with Crippen LogP contribution in [0.15, 0.2) is 49.6 Å². The van der Waals surface area contributed by atoms with Crippen molar-refractivity contribution in [2.75, 3.05) is 65.7 Å². The second-order valence-corrected chi connectivity index (χ2v) is 12.1. The lowest BCUT2D eigenvalue weighted by Crippen LogP contribution is -2.36. The first kappa shape index (κ1) is 28.2. The first-order valence-corrected chi connectivity index (χ1v) is 14.7.